The quantitative estimate of drug-likeness (QED) is 0.545. The molecule has 1 aliphatic heterocycles. The molecule has 3 atom stereocenters. The van der Waals surface area contributed by atoms with Gasteiger partial charge >= 0.3 is 0 Å². The molecule has 82 valence electrons. The Labute approximate surface area is 83.6 Å². The lowest BCUT2D eigenvalue weighted by Crippen LogP contribution is -2.38. The molecular formula is C9H18N2O3. The van der Waals surface area contributed by atoms with E-state index < -0.39 is 6.10 Å². The number of aliphatic hydroxyl groups excluding tert-OH is 1. The fourth-order valence-corrected chi connectivity index (χ4v) is 1.43. The minimum absolute atomic E-state index is 0.0114. The Morgan fingerprint density at radius 1 is 1.71 bits per heavy atom. The van der Waals surface area contributed by atoms with Gasteiger partial charge in [-0.2, -0.15) is 0 Å². The van der Waals surface area contributed by atoms with E-state index >= 15 is 0 Å². The average Bonchev–Trinajstić information content (AvgIpc) is 2.62. The van der Waals surface area contributed by atoms with Crippen molar-refractivity contribution in [3.8, 4) is 0 Å². The van der Waals surface area contributed by atoms with Crippen LogP contribution in [0.3, 0.4) is 0 Å². The first-order valence-electron chi connectivity index (χ1n) is 4.94. The Balaban J connectivity index is 2.25. The molecule has 1 rings (SSSR count). The van der Waals surface area contributed by atoms with Crippen LogP contribution in [0.5, 0.6) is 0 Å². The largest absolute Gasteiger partial charge is 0.392 e. The van der Waals surface area contributed by atoms with Gasteiger partial charge in [0.2, 0.25) is 5.91 Å². The summed E-state index contributed by atoms with van der Waals surface area (Å²) in [7, 11) is 0. The van der Waals surface area contributed by atoms with Gasteiger partial charge in [-0.25, -0.2) is 0 Å². The lowest BCUT2D eigenvalue weighted by atomic mass is 10.2. The zero-order valence-corrected chi connectivity index (χ0v) is 8.40. The summed E-state index contributed by atoms with van der Waals surface area (Å²) in [6.45, 7) is 2.35. The third-order valence-electron chi connectivity index (χ3n) is 2.23. The molecule has 1 fully saturated rings. The summed E-state index contributed by atoms with van der Waals surface area (Å²) in [6, 6.07) is 0. The summed E-state index contributed by atoms with van der Waals surface area (Å²) >= 11 is 0. The van der Waals surface area contributed by atoms with Crippen LogP contribution in [0.4, 0.5) is 0 Å². The second-order valence-corrected chi connectivity index (χ2v) is 3.65. The van der Waals surface area contributed by atoms with E-state index in [-0.39, 0.29) is 24.7 Å². The van der Waals surface area contributed by atoms with Crippen molar-refractivity contribution in [3.63, 3.8) is 0 Å². The zero-order valence-electron chi connectivity index (χ0n) is 8.40. The molecule has 0 aromatic carbocycles. The molecule has 14 heavy (non-hydrogen) atoms. The van der Waals surface area contributed by atoms with Crippen molar-refractivity contribution >= 4 is 5.91 Å². The van der Waals surface area contributed by atoms with Crippen molar-refractivity contribution in [3.05, 3.63) is 0 Å². The van der Waals surface area contributed by atoms with Crippen LogP contribution >= 0.6 is 0 Å². The Morgan fingerprint density at radius 3 is 2.93 bits per heavy atom. The number of aliphatic hydroxyl groups is 1. The highest BCUT2D eigenvalue weighted by atomic mass is 16.5. The van der Waals surface area contributed by atoms with Gasteiger partial charge in [0.05, 0.1) is 12.2 Å². The number of amides is 1. The van der Waals surface area contributed by atoms with Gasteiger partial charge in [0.1, 0.15) is 6.10 Å². The van der Waals surface area contributed by atoms with Gasteiger partial charge < -0.3 is 20.9 Å². The van der Waals surface area contributed by atoms with Crippen molar-refractivity contribution in [2.45, 2.75) is 38.1 Å². The van der Waals surface area contributed by atoms with Gasteiger partial charge in [0.25, 0.3) is 0 Å². The van der Waals surface area contributed by atoms with Gasteiger partial charge in [-0.05, 0) is 19.8 Å². The van der Waals surface area contributed by atoms with Crippen LogP contribution in [0, 0.1) is 0 Å². The SMILES string of the molecule is CC(O)CNC(=O)C1CCC(CN)O1. The molecule has 1 amide bonds. The summed E-state index contributed by atoms with van der Waals surface area (Å²) in [5.41, 5.74) is 5.42. The van der Waals surface area contributed by atoms with E-state index in [1.54, 1.807) is 6.92 Å². The molecule has 0 aromatic rings. The van der Waals surface area contributed by atoms with Crippen LogP contribution in [-0.4, -0.2) is 42.4 Å². The number of carbonyl (C=O) groups is 1. The van der Waals surface area contributed by atoms with Crippen LogP contribution < -0.4 is 11.1 Å². The molecule has 0 bridgehead atoms. The predicted octanol–water partition coefficient (Wildman–Crippen LogP) is -1.01. The first kappa shape index (κ1) is 11.4. The van der Waals surface area contributed by atoms with E-state index in [0.29, 0.717) is 13.0 Å². The molecule has 0 spiro atoms. The maximum atomic E-state index is 11.4. The lowest BCUT2D eigenvalue weighted by Gasteiger charge is -2.13. The topological polar surface area (TPSA) is 84.6 Å². The van der Waals surface area contributed by atoms with Gasteiger partial charge in [-0.15, -0.1) is 0 Å². The number of carbonyl (C=O) groups excluding carboxylic acids is 1. The second-order valence-electron chi connectivity index (χ2n) is 3.65. The molecule has 1 heterocycles. The van der Waals surface area contributed by atoms with Crippen LogP contribution in [0.1, 0.15) is 19.8 Å². The number of hydrogen-bond acceptors (Lipinski definition) is 4. The first-order valence-corrected chi connectivity index (χ1v) is 4.94. The summed E-state index contributed by atoms with van der Waals surface area (Å²) in [6.07, 6.45) is 0.654. The number of hydrogen-bond donors (Lipinski definition) is 3. The van der Waals surface area contributed by atoms with E-state index in [1.807, 2.05) is 0 Å². The van der Waals surface area contributed by atoms with Gasteiger partial charge in [-0.1, -0.05) is 0 Å². The smallest absolute Gasteiger partial charge is 0.249 e. The fourth-order valence-electron chi connectivity index (χ4n) is 1.43. The molecular weight excluding hydrogens is 184 g/mol. The number of nitrogens with two attached hydrogens (primary N) is 1. The van der Waals surface area contributed by atoms with Gasteiger partial charge in [0, 0.05) is 13.1 Å². The number of rotatable bonds is 4. The fraction of sp³-hybridized carbons (Fsp3) is 0.889. The first-order chi connectivity index (χ1) is 6.63. The van der Waals surface area contributed by atoms with Crippen LogP contribution in [0.25, 0.3) is 0 Å². The Hall–Kier alpha value is -0.650. The predicted molar refractivity (Wildman–Crippen MR) is 51.6 cm³/mol. The highest BCUT2D eigenvalue weighted by Crippen LogP contribution is 2.18. The third-order valence-corrected chi connectivity index (χ3v) is 2.23. The highest BCUT2D eigenvalue weighted by molar-refractivity contribution is 5.81. The molecule has 5 nitrogen and oxygen atoms in total. The van der Waals surface area contributed by atoms with Crippen molar-refractivity contribution < 1.29 is 14.6 Å². The standard InChI is InChI=1S/C9H18N2O3/c1-6(12)5-11-9(13)8-3-2-7(4-10)14-8/h6-8,12H,2-5,10H2,1H3,(H,11,13). The monoisotopic (exact) mass is 202 g/mol. The Morgan fingerprint density at radius 2 is 2.43 bits per heavy atom. The minimum atomic E-state index is -0.523. The second kappa shape index (κ2) is 5.29. The Bertz CT molecular complexity index is 196. The van der Waals surface area contributed by atoms with E-state index in [0.717, 1.165) is 6.42 Å². The molecule has 4 N–H and O–H groups in total. The van der Waals surface area contributed by atoms with Crippen molar-refractivity contribution in [1.29, 1.82) is 0 Å². The van der Waals surface area contributed by atoms with E-state index in [4.69, 9.17) is 15.6 Å². The van der Waals surface area contributed by atoms with E-state index in [9.17, 15) is 4.79 Å². The van der Waals surface area contributed by atoms with Gasteiger partial charge in [0.15, 0.2) is 0 Å². The average molecular weight is 202 g/mol. The highest BCUT2D eigenvalue weighted by Gasteiger charge is 2.29. The number of ether oxygens (including phenoxy) is 1. The summed E-state index contributed by atoms with van der Waals surface area (Å²) in [4.78, 5) is 11.4. The van der Waals surface area contributed by atoms with E-state index in [2.05, 4.69) is 5.32 Å². The van der Waals surface area contributed by atoms with Crippen LogP contribution in [0.2, 0.25) is 0 Å². The molecule has 0 aliphatic carbocycles. The van der Waals surface area contributed by atoms with Crippen molar-refractivity contribution in [2.75, 3.05) is 13.1 Å². The van der Waals surface area contributed by atoms with Crippen LogP contribution in [0.15, 0.2) is 0 Å². The molecule has 0 saturated carbocycles. The van der Waals surface area contributed by atoms with Gasteiger partial charge in [-0.3, -0.25) is 4.79 Å². The summed E-state index contributed by atoms with van der Waals surface area (Å²) in [5, 5.41) is 11.6. The minimum Gasteiger partial charge on any atom is -0.392 e. The normalized spacial score (nSPS) is 28.8. The molecule has 5 heteroatoms. The third kappa shape index (κ3) is 3.25. The Kier molecular flexibility index (Phi) is 4.31. The summed E-state index contributed by atoms with van der Waals surface area (Å²) < 4.78 is 5.39. The number of nitrogens with one attached hydrogen (secondary N) is 1. The van der Waals surface area contributed by atoms with E-state index in [1.165, 1.54) is 0 Å². The summed E-state index contributed by atoms with van der Waals surface area (Å²) in [5.74, 6) is -0.151. The molecule has 1 aliphatic rings. The maximum Gasteiger partial charge on any atom is 0.249 e. The zero-order chi connectivity index (χ0) is 10.6. The molecule has 3 unspecified atom stereocenters. The van der Waals surface area contributed by atoms with Crippen LogP contribution in [-0.2, 0) is 9.53 Å². The van der Waals surface area contributed by atoms with Crippen molar-refractivity contribution in [2.24, 2.45) is 5.73 Å². The molecule has 0 aromatic heterocycles. The lowest BCUT2D eigenvalue weighted by molar-refractivity contribution is -0.132. The maximum absolute atomic E-state index is 11.4. The molecule has 0 radical (unpaired) electrons. The molecule has 1 saturated heterocycles. The van der Waals surface area contributed by atoms with Crippen molar-refractivity contribution in [1.82, 2.24) is 5.32 Å².